The van der Waals surface area contributed by atoms with Gasteiger partial charge in [0.25, 0.3) is 0 Å². The standard InChI is InChI=1S/C7H8N2O/c8-7(10)5-6-1-3-9-4-2-6/h1-4H,5H2,(H2,8,10)/p+1. The molecular weight excluding hydrogens is 128 g/mol. The van der Waals surface area contributed by atoms with Gasteiger partial charge in [-0.05, 0) is 5.56 Å². The summed E-state index contributed by atoms with van der Waals surface area (Å²) >= 11 is 0. The van der Waals surface area contributed by atoms with Crippen molar-refractivity contribution in [3.8, 4) is 0 Å². The number of nitrogens with one attached hydrogen (secondary N) is 1. The Balaban J connectivity index is 2.67. The van der Waals surface area contributed by atoms with E-state index in [1.807, 2.05) is 12.1 Å². The van der Waals surface area contributed by atoms with E-state index in [1.165, 1.54) is 0 Å². The van der Waals surface area contributed by atoms with Crippen LogP contribution in [0.2, 0.25) is 0 Å². The second kappa shape index (κ2) is 2.96. The van der Waals surface area contributed by atoms with E-state index in [0.717, 1.165) is 5.56 Å². The summed E-state index contributed by atoms with van der Waals surface area (Å²) in [5.74, 6) is -0.300. The van der Waals surface area contributed by atoms with Gasteiger partial charge in [-0.1, -0.05) is 0 Å². The highest BCUT2D eigenvalue weighted by molar-refractivity contribution is 5.76. The van der Waals surface area contributed by atoms with Crippen LogP contribution in [0.1, 0.15) is 5.56 Å². The summed E-state index contributed by atoms with van der Waals surface area (Å²) in [5.41, 5.74) is 5.91. The maximum Gasteiger partial charge on any atom is 0.221 e. The number of H-pyrrole nitrogens is 1. The molecule has 0 bridgehead atoms. The summed E-state index contributed by atoms with van der Waals surface area (Å²) in [7, 11) is 0. The van der Waals surface area contributed by atoms with E-state index in [2.05, 4.69) is 4.98 Å². The molecule has 0 aliphatic carbocycles. The summed E-state index contributed by atoms with van der Waals surface area (Å²) in [6.45, 7) is 0. The van der Waals surface area contributed by atoms with Crippen molar-refractivity contribution >= 4 is 5.91 Å². The van der Waals surface area contributed by atoms with Crippen molar-refractivity contribution in [1.29, 1.82) is 0 Å². The van der Waals surface area contributed by atoms with Crippen LogP contribution in [0.4, 0.5) is 0 Å². The van der Waals surface area contributed by atoms with Crippen LogP contribution in [0, 0.1) is 0 Å². The van der Waals surface area contributed by atoms with Crippen LogP contribution >= 0.6 is 0 Å². The third kappa shape index (κ3) is 1.85. The first-order valence-electron chi connectivity index (χ1n) is 3.02. The Bertz CT molecular complexity index is 220. The molecule has 3 N–H and O–H groups in total. The molecular formula is C7H9N2O+. The van der Waals surface area contributed by atoms with Gasteiger partial charge in [0.05, 0.1) is 6.42 Å². The number of nitrogens with two attached hydrogens (primary N) is 1. The summed E-state index contributed by atoms with van der Waals surface area (Å²) in [5, 5.41) is 0. The molecule has 10 heavy (non-hydrogen) atoms. The van der Waals surface area contributed by atoms with Crippen molar-refractivity contribution in [3.05, 3.63) is 30.1 Å². The van der Waals surface area contributed by atoms with Crippen molar-refractivity contribution in [2.24, 2.45) is 5.73 Å². The van der Waals surface area contributed by atoms with Crippen molar-refractivity contribution in [1.82, 2.24) is 0 Å². The van der Waals surface area contributed by atoms with Gasteiger partial charge in [0, 0.05) is 12.1 Å². The summed E-state index contributed by atoms with van der Waals surface area (Å²) < 4.78 is 0. The largest absolute Gasteiger partial charge is 0.369 e. The molecule has 0 aliphatic heterocycles. The number of rotatable bonds is 2. The highest BCUT2D eigenvalue weighted by atomic mass is 16.1. The summed E-state index contributed by atoms with van der Waals surface area (Å²) in [6.07, 6.45) is 3.84. The average Bonchev–Trinajstić information content (AvgIpc) is 1.88. The zero-order valence-corrected chi connectivity index (χ0v) is 5.50. The topological polar surface area (TPSA) is 57.2 Å². The number of pyridine rings is 1. The number of aromatic nitrogens is 1. The molecule has 0 radical (unpaired) electrons. The minimum absolute atomic E-state index is 0.300. The van der Waals surface area contributed by atoms with Gasteiger partial charge >= 0.3 is 0 Å². The maximum absolute atomic E-state index is 10.4. The molecule has 1 aromatic heterocycles. The van der Waals surface area contributed by atoms with E-state index in [-0.39, 0.29) is 5.91 Å². The first kappa shape index (κ1) is 6.74. The number of hydrogen-bond acceptors (Lipinski definition) is 1. The number of aromatic amines is 1. The molecule has 0 aromatic carbocycles. The summed E-state index contributed by atoms with van der Waals surface area (Å²) in [4.78, 5) is 13.2. The molecule has 0 saturated carbocycles. The highest BCUT2D eigenvalue weighted by Crippen LogP contribution is 1.93. The number of carbonyl (C=O) groups is 1. The molecule has 52 valence electrons. The molecule has 0 unspecified atom stereocenters. The Kier molecular flexibility index (Phi) is 1.99. The van der Waals surface area contributed by atoms with Crippen LogP contribution < -0.4 is 10.7 Å². The molecule has 1 aromatic rings. The van der Waals surface area contributed by atoms with E-state index in [9.17, 15) is 4.79 Å². The zero-order chi connectivity index (χ0) is 7.40. The monoisotopic (exact) mass is 137 g/mol. The second-order valence-corrected chi connectivity index (χ2v) is 2.05. The third-order valence-electron chi connectivity index (χ3n) is 1.17. The lowest BCUT2D eigenvalue weighted by Crippen LogP contribution is -2.14. The van der Waals surface area contributed by atoms with Gasteiger partial charge in [0.1, 0.15) is 0 Å². The van der Waals surface area contributed by atoms with Crippen LogP contribution in [0.3, 0.4) is 0 Å². The summed E-state index contributed by atoms with van der Waals surface area (Å²) in [6, 6.07) is 3.65. The van der Waals surface area contributed by atoms with Crippen molar-refractivity contribution < 1.29 is 9.78 Å². The number of hydrogen-bond donors (Lipinski definition) is 1. The zero-order valence-electron chi connectivity index (χ0n) is 5.50. The van der Waals surface area contributed by atoms with E-state index < -0.39 is 0 Å². The van der Waals surface area contributed by atoms with Crippen LogP contribution in [0.5, 0.6) is 0 Å². The fourth-order valence-electron chi connectivity index (χ4n) is 0.740. The Morgan fingerprint density at radius 2 is 2.10 bits per heavy atom. The quantitative estimate of drug-likeness (QED) is 0.588. The molecule has 3 nitrogen and oxygen atoms in total. The molecule has 0 saturated heterocycles. The van der Waals surface area contributed by atoms with Crippen LogP contribution in [-0.4, -0.2) is 5.91 Å². The highest BCUT2D eigenvalue weighted by Gasteiger charge is 1.96. The van der Waals surface area contributed by atoms with Gasteiger partial charge in [-0.25, -0.2) is 4.98 Å². The Hall–Kier alpha value is -1.38. The number of amides is 1. The molecule has 1 heterocycles. The van der Waals surface area contributed by atoms with Gasteiger partial charge in [-0.2, -0.15) is 0 Å². The molecule has 0 atom stereocenters. The van der Waals surface area contributed by atoms with Crippen LogP contribution in [-0.2, 0) is 11.2 Å². The van der Waals surface area contributed by atoms with E-state index in [4.69, 9.17) is 5.73 Å². The lowest BCUT2D eigenvalue weighted by atomic mass is 10.2. The van der Waals surface area contributed by atoms with E-state index >= 15 is 0 Å². The van der Waals surface area contributed by atoms with Crippen molar-refractivity contribution in [2.75, 3.05) is 0 Å². The lowest BCUT2D eigenvalue weighted by molar-refractivity contribution is -0.378. The van der Waals surface area contributed by atoms with Crippen LogP contribution in [0.15, 0.2) is 24.5 Å². The Labute approximate surface area is 58.9 Å². The molecule has 1 rings (SSSR count). The second-order valence-electron chi connectivity index (χ2n) is 2.05. The third-order valence-corrected chi connectivity index (χ3v) is 1.17. The van der Waals surface area contributed by atoms with Crippen molar-refractivity contribution in [3.63, 3.8) is 0 Å². The van der Waals surface area contributed by atoms with Gasteiger partial charge < -0.3 is 5.73 Å². The number of carbonyl (C=O) groups excluding carboxylic acids is 1. The normalized spacial score (nSPS) is 9.20. The first-order valence-corrected chi connectivity index (χ1v) is 3.02. The smallest absolute Gasteiger partial charge is 0.221 e. The predicted octanol–water partition coefficient (Wildman–Crippen LogP) is -0.472. The minimum Gasteiger partial charge on any atom is -0.369 e. The molecule has 3 heteroatoms. The number of primary amides is 1. The van der Waals surface area contributed by atoms with Gasteiger partial charge in [0.15, 0.2) is 12.4 Å². The van der Waals surface area contributed by atoms with E-state index in [1.54, 1.807) is 12.4 Å². The molecule has 1 amide bonds. The van der Waals surface area contributed by atoms with Gasteiger partial charge in [-0.3, -0.25) is 4.79 Å². The minimum atomic E-state index is -0.300. The fourth-order valence-corrected chi connectivity index (χ4v) is 0.740. The predicted molar refractivity (Wildman–Crippen MR) is 35.9 cm³/mol. The first-order chi connectivity index (χ1) is 4.79. The van der Waals surface area contributed by atoms with Gasteiger partial charge in [-0.15, -0.1) is 0 Å². The Morgan fingerprint density at radius 3 is 2.60 bits per heavy atom. The maximum atomic E-state index is 10.4. The van der Waals surface area contributed by atoms with Gasteiger partial charge in [0.2, 0.25) is 5.91 Å². The molecule has 0 fully saturated rings. The fraction of sp³-hybridized carbons (Fsp3) is 0.143. The Morgan fingerprint density at radius 1 is 1.50 bits per heavy atom. The average molecular weight is 137 g/mol. The van der Waals surface area contributed by atoms with Crippen LogP contribution in [0.25, 0.3) is 0 Å². The van der Waals surface area contributed by atoms with Crippen molar-refractivity contribution in [2.45, 2.75) is 6.42 Å². The van der Waals surface area contributed by atoms with E-state index in [0.29, 0.717) is 6.42 Å². The molecule has 0 spiro atoms. The lowest BCUT2D eigenvalue weighted by Gasteiger charge is -1.90. The molecule has 0 aliphatic rings. The SMILES string of the molecule is NC(=O)Cc1cc[nH+]cc1.